The van der Waals surface area contributed by atoms with E-state index in [4.69, 9.17) is 16.7 Å². The van der Waals surface area contributed by atoms with E-state index in [1.54, 1.807) is 19.1 Å². The Balaban J connectivity index is 2.81. The first kappa shape index (κ1) is 11.2. The summed E-state index contributed by atoms with van der Waals surface area (Å²) in [6, 6.07) is 7.28. The summed E-state index contributed by atoms with van der Waals surface area (Å²) in [7, 11) is 0. The Morgan fingerprint density at radius 2 is 2.00 bits per heavy atom. The molecule has 0 fully saturated rings. The fraction of sp³-hybridized carbons (Fsp3) is 0.273. The third-order valence-corrected chi connectivity index (χ3v) is 2.21. The van der Waals surface area contributed by atoms with Crippen molar-refractivity contribution in [3.63, 3.8) is 0 Å². The molecule has 0 radical (unpaired) electrons. The maximum atomic E-state index is 9.30. The van der Waals surface area contributed by atoms with E-state index in [1.807, 2.05) is 18.2 Å². The van der Waals surface area contributed by atoms with Crippen LogP contribution in [0.1, 0.15) is 12.5 Å². The molecule has 14 heavy (non-hydrogen) atoms. The molecule has 0 bridgehead atoms. The van der Waals surface area contributed by atoms with Crippen LogP contribution in [0.25, 0.3) is 6.08 Å². The predicted molar refractivity (Wildman–Crippen MR) is 58.2 cm³/mol. The van der Waals surface area contributed by atoms with Gasteiger partial charge < -0.3 is 10.2 Å². The highest BCUT2D eigenvalue weighted by Crippen LogP contribution is 2.13. The maximum absolute atomic E-state index is 9.30. The van der Waals surface area contributed by atoms with Crippen LogP contribution in [-0.4, -0.2) is 22.9 Å². The monoisotopic (exact) mass is 212 g/mol. The van der Waals surface area contributed by atoms with E-state index in [9.17, 15) is 5.11 Å². The van der Waals surface area contributed by atoms with E-state index in [0.29, 0.717) is 5.02 Å². The number of aliphatic hydroxyl groups excluding tert-OH is 2. The van der Waals surface area contributed by atoms with Crippen molar-refractivity contribution < 1.29 is 10.2 Å². The quantitative estimate of drug-likeness (QED) is 0.806. The molecule has 2 N–H and O–H groups in total. The molecule has 1 unspecified atom stereocenters. The van der Waals surface area contributed by atoms with Crippen molar-refractivity contribution in [2.45, 2.75) is 13.0 Å². The number of hydrogen-bond donors (Lipinski definition) is 2. The zero-order valence-corrected chi connectivity index (χ0v) is 8.70. The molecule has 2 nitrogen and oxygen atoms in total. The van der Waals surface area contributed by atoms with Gasteiger partial charge in [0.25, 0.3) is 0 Å². The summed E-state index contributed by atoms with van der Waals surface area (Å²) in [4.78, 5) is 0. The normalized spacial score (nSPS) is 14.1. The standard InChI is InChI=1S/C11H13ClO2/c1-8(11(14)7-13)6-9-2-4-10(12)5-3-9/h2-6,11,13-14H,7H2,1H3. The van der Waals surface area contributed by atoms with Crippen LogP contribution in [0.15, 0.2) is 29.8 Å². The molecule has 1 atom stereocenters. The second-order valence-corrected chi connectivity index (χ2v) is 3.57. The molecule has 0 amide bonds. The van der Waals surface area contributed by atoms with Crippen LogP contribution in [0.2, 0.25) is 5.02 Å². The first-order chi connectivity index (χ1) is 6.63. The smallest absolute Gasteiger partial charge is 0.0981 e. The lowest BCUT2D eigenvalue weighted by Gasteiger charge is -2.07. The molecule has 0 saturated heterocycles. The molecule has 0 aromatic heterocycles. The molecule has 1 rings (SSSR count). The summed E-state index contributed by atoms with van der Waals surface area (Å²) in [6.07, 6.45) is 1.03. The number of benzene rings is 1. The van der Waals surface area contributed by atoms with Crippen molar-refractivity contribution in [3.8, 4) is 0 Å². The van der Waals surface area contributed by atoms with Gasteiger partial charge in [-0.2, -0.15) is 0 Å². The molecule has 0 saturated carbocycles. The van der Waals surface area contributed by atoms with Crippen molar-refractivity contribution in [2.75, 3.05) is 6.61 Å². The van der Waals surface area contributed by atoms with Gasteiger partial charge in [0.1, 0.15) is 0 Å². The molecule has 0 spiro atoms. The minimum Gasteiger partial charge on any atom is -0.393 e. The molecular weight excluding hydrogens is 200 g/mol. The zero-order chi connectivity index (χ0) is 10.6. The average molecular weight is 213 g/mol. The second-order valence-electron chi connectivity index (χ2n) is 3.14. The van der Waals surface area contributed by atoms with Crippen LogP contribution in [0.3, 0.4) is 0 Å². The molecule has 1 aromatic rings. The molecule has 1 aromatic carbocycles. The minimum absolute atomic E-state index is 0.254. The fourth-order valence-electron chi connectivity index (χ4n) is 1.06. The van der Waals surface area contributed by atoms with Crippen LogP contribution in [0.5, 0.6) is 0 Å². The Bertz CT molecular complexity index is 317. The minimum atomic E-state index is -0.786. The van der Waals surface area contributed by atoms with Crippen molar-refractivity contribution >= 4 is 17.7 Å². The third kappa shape index (κ3) is 3.14. The van der Waals surface area contributed by atoms with Gasteiger partial charge in [0.05, 0.1) is 12.7 Å². The molecule has 0 aliphatic heterocycles. The summed E-state index contributed by atoms with van der Waals surface area (Å²) in [5.41, 5.74) is 1.69. The molecule has 0 aliphatic carbocycles. The van der Waals surface area contributed by atoms with Gasteiger partial charge in [-0.05, 0) is 30.2 Å². The topological polar surface area (TPSA) is 40.5 Å². The van der Waals surface area contributed by atoms with Crippen molar-refractivity contribution in [1.82, 2.24) is 0 Å². The van der Waals surface area contributed by atoms with E-state index >= 15 is 0 Å². The van der Waals surface area contributed by atoms with E-state index < -0.39 is 6.10 Å². The number of hydrogen-bond acceptors (Lipinski definition) is 2. The number of aliphatic hydroxyl groups is 2. The maximum Gasteiger partial charge on any atom is 0.0981 e. The van der Waals surface area contributed by atoms with Gasteiger partial charge in [-0.15, -0.1) is 0 Å². The van der Waals surface area contributed by atoms with E-state index in [-0.39, 0.29) is 6.61 Å². The largest absolute Gasteiger partial charge is 0.393 e. The van der Waals surface area contributed by atoms with E-state index in [0.717, 1.165) is 11.1 Å². The second kappa shape index (κ2) is 5.15. The lowest BCUT2D eigenvalue weighted by Crippen LogP contribution is -2.12. The van der Waals surface area contributed by atoms with Gasteiger partial charge in [0.15, 0.2) is 0 Å². The van der Waals surface area contributed by atoms with Crippen LogP contribution in [-0.2, 0) is 0 Å². The molecule has 0 aliphatic rings. The van der Waals surface area contributed by atoms with Crippen molar-refractivity contribution in [2.24, 2.45) is 0 Å². The summed E-state index contributed by atoms with van der Waals surface area (Å²) < 4.78 is 0. The number of rotatable bonds is 3. The Morgan fingerprint density at radius 3 is 2.50 bits per heavy atom. The predicted octanol–water partition coefficient (Wildman–Crippen LogP) is 2.10. The fourth-order valence-corrected chi connectivity index (χ4v) is 1.19. The average Bonchev–Trinajstić information content (AvgIpc) is 2.20. The first-order valence-electron chi connectivity index (χ1n) is 4.36. The lowest BCUT2D eigenvalue weighted by atomic mass is 10.1. The highest BCUT2D eigenvalue weighted by Gasteiger charge is 2.03. The summed E-state index contributed by atoms with van der Waals surface area (Å²) in [5.74, 6) is 0. The molecular formula is C11H13ClO2. The SMILES string of the molecule is CC(=Cc1ccc(Cl)cc1)C(O)CO. The van der Waals surface area contributed by atoms with E-state index in [1.165, 1.54) is 0 Å². The summed E-state index contributed by atoms with van der Waals surface area (Å²) in [6.45, 7) is 1.52. The number of halogens is 1. The van der Waals surface area contributed by atoms with Crippen LogP contribution >= 0.6 is 11.6 Å². The van der Waals surface area contributed by atoms with Gasteiger partial charge in [-0.25, -0.2) is 0 Å². The summed E-state index contributed by atoms with van der Waals surface area (Å²) >= 11 is 5.73. The van der Waals surface area contributed by atoms with Crippen molar-refractivity contribution in [1.29, 1.82) is 0 Å². The lowest BCUT2D eigenvalue weighted by molar-refractivity contribution is 0.123. The highest BCUT2D eigenvalue weighted by atomic mass is 35.5. The van der Waals surface area contributed by atoms with Crippen LogP contribution in [0.4, 0.5) is 0 Å². The van der Waals surface area contributed by atoms with Gasteiger partial charge in [0, 0.05) is 5.02 Å². The van der Waals surface area contributed by atoms with Crippen LogP contribution < -0.4 is 0 Å². The Morgan fingerprint density at radius 1 is 1.43 bits per heavy atom. The Hall–Kier alpha value is -0.830. The molecule has 0 heterocycles. The molecule has 3 heteroatoms. The van der Waals surface area contributed by atoms with Crippen LogP contribution in [0, 0.1) is 0 Å². The molecule has 76 valence electrons. The Kier molecular flexibility index (Phi) is 4.14. The van der Waals surface area contributed by atoms with Gasteiger partial charge in [-0.1, -0.05) is 29.8 Å². The van der Waals surface area contributed by atoms with Crippen molar-refractivity contribution in [3.05, 3.63) is 40.4 Å². The first-order valence-corrected chi connectivity index (χ1v) is 4.74. The summed E-state index contributed by atoms with van der Waals surface area (Å²) in [5, 5.41) is 18.7. The van der Waals surface area contributed by atoms with E-state index in [2.05, 4.69) is 0 Å². The zero-order valence-electron chi connectivity index (χ0n) is 7.94. The Labute approximate surface area is 88.5 Å². The third-order valence-electron chi connectivity index (χ3n) is 1.96. The highest BCUT2D eigenvalue weighted by molar-refractivity contribution is 6.30. The van der Waals surface area contributed by atoms with Gasteiger partial charge in [-0.3, -0.25) is 0 Å². The van der Waals surface area contributed by atoms with Gasteiger partial charge >= 0.3 is 0 Å². The van der Waals surface area contributed by atoms with Gasteiger partial charge in [0.2, 0.25) is 0 Å².